The standard InChI is InChI=1S/C19H27N3O3/c23-17(15-7-2-1-3-8-15)13-20-18(24)16-9-6-12-22(14-16)19(25)21-10-4-5-11-21/h1-3,7-8,16-17,23H,4-6,9-14H2,(H,20,24)/t16-,17-/m1/s1. The van der Waals surface area contributed by atoms with Crippen molar-refractivity contribution in [2.45, 2.75) is 31.8 Å². The number of amides is 3. The van der Waals surface area contributed by atoms with Gasteiger partial charge in [0, 0.05) is 32.7 Å². The zero-order valence-corrected chi connectivity index (χ0v) is 14.6. The van der Waals surface area contributed by atoms with E-state index in [1.807, 2.05) is 40.1 Å². The molecule has 0 unspecified atom stereocenters. The van der Waals surface area contributed by atoms with Gasteiger partial charge in [-0.05, 0) is 31.2 Å². The van der Waals surface area contributed by atoms with Crippen LogP contribution in [0.5, 0.6) is 0 Å². The topological polar surface area (TPSA) is 72.9 Å². The van der Waals surface area contributed by atoms with Crippen molar-refractivity contribution in [1.29, 1.82) is 0 Å². The number of aliphatic hydroxyl groups excluding tert-OH is 1. The molecule has 2 fully saturated rings. The van der Waals surface area contributed by atoms with Gasteiger partial charge in [0.25, 0.3) is 0 Å². The molecule has 2 heterocycles. The lowest BCUT2D eigenvalue weighted by Gasteiger charge is -2.34. The Hall–Kier alpha value is -2.08. The molecule has 0 bridgehead atoms. The molecule has 0 spiro atoms. The van der Waals surface area contributed by atoms with E-state index in [0.717, 1.165) is 50.9 Å². The molecule has 3 rings (SSSR count). The lowest BCUT2D eigenvalue weighted by atomic mass is 9.97. The number of hydrogen-bond donors (Lipinski definition) is 2. The summed E-state index contributed by atoms with van der Waals surface area (Å²) in [6, 6.07) is 9.37. The molecule has 0 aliphatic carbocycles. The van der Waals surface area contributed by atoms with Crippen LogP contribution in [0.3, 0.4) is 0 Å². The molecular weight excluding hydrogens is 318 g/mol. The van der Waals surface area contributed by atoms with Crippen LogP contribution < -0.4 is 5.32 Å². The van der Waals surface area contributed by atoms with E-state index in [4.69, 9.17) is 0 Å². The fraction of sp³-hybridized carbons (Fsp3) is 0.579. The molecule has 2 aliphatic rings. The number of likely N-dealkylation sites (tertiary alicyclic amines) is 2. The van der Waals surface area contributed by atoms with Crippen LogP contribution in [-0.2, 0) is 4.79 Å². The van der Waals surface area contributed by atoms with Gasteiger partial charge in [-0.15, -0.1) is 0 Å². The molecule has 1 aromatic carbocycles. The highest BCUT2D eigenvalue weighted by Gasteiger charge is 2.31. The van der Waals surface area contributed by atoms with Crippen molar-refractivity contribution in [1.82, 2.24) is 15.1 Å². The number of nitrogens with zero attached hydrogens (tertiary/aromatic N) is 2. The first-order chi connectivity index (χ1) is 12.1. The zero-order valence-electron chi connectivity index (χ0n) is 14.6. The van der Waals surface area contributed by atoms with Crippen LogP contribution in [0, 0.1) is 5.92 Å². The fourth-order valence-corrected chi connectivity index (χ4v) is 3.61. The molecule has 1 aromatic rings. The van der Waals surface area contributed by atoms with E-state index in [9.17, 15) is 14.7 Å². The monoisotopic (exact) mass is 345 g/mol. The van der Waals surface area contributed by atoms with Crippen LogP contribution in [0.1, 0.15) is 37.4 Å². The van der Waals surface area contributed by atoms with Gasteiger partial charge in [-0.1, -0.05) is 30.3 Å². The Morgan fingerprint density at radius 2 is 1.76 bits per heavy atom. The number of piperidine rings is 1. The van der Waals surface area contributed by atoms with Crippen LogP contribution in [0.15, 0.2) is 30.3 Å². The van der Waals surface area contributed by atoms with E-state index in [1.54, 1.807) is 0 Å². The lowest BCUT2D eigenvalue weighted by molar-refractivity contribution is -0.126. The van der Waals surface area contributed by atoms with Crippen molar-refractivity contribution < 1.29 is 14.7 Å². The lowest BCUT2D eigenvalue weighted by Crippen LogP contribution is -2.49. The molecule has 3 amide bonds. The van der Waals surface area contributed by atoms with E-state index < -0.39 is 6.10 Å². The van der Waals surface area contributed by atoms with Gasteiger partial charge in [-0.2, -0.15) is 0 Å². The number of benzene rings is 1. The average molecular weight is 345 g/mol. The summed E-state index contributed by atoms with van der Waals surface area (Å²) < 4.78 is 0. The van der Waals surface area contributed by atoms with E-state index in [0.29, 0.717) is 6.54 Å². The maximum Gasteiger partial charge on any atom is 0.320 e. The Labute approximate surface area is 148 Å². The maximum atomic E-state index is 12.5. The van der Waals surface area contributed by atoms with Gasteiger partial charge in [0.2, 0.25) is 5.91 Å². The van der Waals surface area contributed by atoms with Gasteiger partial charge < -0.3 is 20.2 Å². The van der Waals surface area contributed by atoms with Crippen molar-refractivity contribution in [2.75, 3.05) is 32.7 Å². The molecule has 2 N–H and O–H groups in total. The first-order valence-corrected chi connectivity index (χ1v) is 9.19. The minimum Gasteiger partial charge on any atom is -0.387 e. The van der Waals surface area contributed by atoms with Crippen molar-refractivity contribution in [3.05, 3.63) is 35.9 Å². The summed E-state index contributed by atoms with van der Waals surface area (Å²) in [5, 5.41) is 13.0. The van der Waals surface area contributed by atoms with Gasteiger partial charge in [0.1, 0.15) is 0 Å². The van der Waals surface area contributed by atoms with Crippen LogP contribution >= 0.6 is 0 Å². The molecule has 2 saturated heterocycles. The van der Waals surface area contributed by atoms with Crippen LogP contribution in [0.25, 0.3) is 0 Å². The predicted octanol–water partition coefficient (Wildman–Crippen LogP) is 1.76. The number of aliphatic hydroxyl groups is 1. The molecule has 0 radical (unpaired) electrons. The number of carbonyl (C=O) groups excluding carboxylic acids is 2. The molecule has 25 heavy (non-hydrogen) atoms. The highest BCUT2D eigenvalue weighted by Crippen LogP contribution is 2.20. The Morgan fingerprint density at radius 3 is 2.48 bits per heavy atom. The minimum absolute atomic E-state index is 0.0688. The summed E-state index contributed by atoms with van der Waals surface area (Å²) in [5.41, 5.74) is 0.789. The van der Waals surface area contributed by atoms with Gasteiger partial charge in [0.15, 0.2) is 0 Å². The van der Waals surface area contributed by atoms with E-state index >= 15 is 0 Å². The third-order valence-corrected chi connectivity index (χ3v) is 5.09. The third kappa shape index (κ3) is 4.51. The third-order valence-electron chi connectivity index (χ3n) is 5.09. The Bertz CT molecular complexity index is 587. The molecule has 6 nitrogen and oxygen atoms in total. The number of rotatable bonds is 4. The fourth-order valence-electron chi connectivity index (χ4n) is 3.61. The zero-order chi connectivity index (χ0) is 17.6. The first-order valence-electron chi connectivity index (χ1n) is 9.19. The van der Waals surface area contributed by atoms with E-state index in [-0.39, 0.29) is 24.4 Å². The predicted molar refractivity (Wildman–Crippen MR) is 94.9 cm³/mol. The summed E-state index contributed by atoms with van der Waals surface area (Å²) in [7, 11) is 0. The van der Waals surface area contributed by atoms with Crippen LogP contribution in [-0.4, -0.2) is 59.6 Å². The molecule has 2 aliphatic heterocycles. The van der Waals surface area contributed by atoms with E-state index in [2.05, 4.69) is 5.32 Å². The van der Waals surface area contributed by atoms with Gasteiger partial charge in [0.05, 0.1) is 12.0 Å². The van der Waals surface area contributed by atoms with Crippen molar-refractivity contribution in [3.63, 3.8) is 0 Å². The van der Waals surface area contributed by atoms with E-state index in [1.165, 1.54) is 0 Å². The summed E-state index contributed by atoms with van der Waals surface area (Å²) in [6.45, 7) is 3.05. The first kappa shape index (κ1) is 17.7. The summed E-state index contributed by atoms with van der Waals surface area (Å²) in [4.78, 5) is 28.6. The Morgan fingerprint density at radius 1 is 1.08 bits per heavy atom. The second-order valence-electron chi connectivity index (χ2n) is 6.93. The molecule has 0 aromatic heterocycles. The smallest absolute Gasteiger partial charge is 0.320 e. The summed E-state index contributed by atoms with van der Waals surface area (Å²) in [6.07, 6.45) is 3.06. The van der Waals surface area contributed by atoms with Crippen molar-refractivity contribution in [3.8, 4) is 0 Å². The van der Waals surface area contributed by atoms with Crippen LogP contribution in [0.4, 0.5) is 4.79 Å². The normalized spacial score (nSPS) is 21.9. The summed E-state index contributed by atoms with van der Waals surface area (Å²) >= 11 is 0. The quantitative estimate of drug-likeness (QED) is 0.873. The molecule has 136 valence electrons. The van der Waals surface area contributed by atoms with Gasteiger partial charge in [-0.3, -0.25) is 4.79 Å². The SMILES string of the molecule is O=C(NC[C@@H](O)c1ccccc1)[C@@H]1CCCN(C(=O)N2CCCC2)C1. The second kappa shape index (κ2) is 8.34. The van der Waals surface area contributed by atoms with Crippen LogP contribution in [0.2, 0.25) is 0 Å². The number of hydrogen-bond acceptors (Lipinski definition) is 3. The summed E-state index contributed by atoms with van der Waals surface area (Å²) in [5.74, 6) is -0.267. The number of urea groups is 1. The molecular formula is C19H27N3O3. The highest BCUT2D eigenvalue weighted by molar-refractivity contribution is 5.81. The number of carbonyl (C=O) groups is 2. The molecule has 0 saturated carbocycles. The molecule has 6 heteroatoms. The highest BCUT2D eigenvalue weighted by atomic mass is 16.3. The second-order valence-corrected chi connectivity index (χ2v) is 6.93. The van der Waals surface area contributed by atoms with Crippen molar-refractivity contribution in [2.24, 2.45) is 5.92 Å². The van der Waals surface area contributed by atoms with Crippen molar-refractivity contribution >= 4 is 11.9 Å². The Kier molecular flexibility index (Phi) is 5.91. The largest absolute Gasteiger partial charge is 0.387 e. The average Bonchev–Trinajstić information content (AvgIpc) is 3.20. The minimum atomic E-state index is -0.712. The Balaban J connectivity index is 1.49. The molecule has 2 atom stereocenters. The number of nitrogens with one attached hydrogen (secondary N) is 1. The van der Waals surface area contributed by atoms with Gasteiger partial charge >= 0.3 is 6.03 Å². The van der Waals surface area contributed by atoms with Gasteiger partial charge in [-0.25, -0.2) is 4.79 Å². The maximum absolute atomic E-state index is 12.5.